The summed E-state index contributed by atoms with van der Waals surface area (Å²) in [6, 6.07) is 13.8. The molecule has 9 nitrogen and oxygen atoms in total. The van der Waals surface area contributed by atoms with Crippen molar-refractivity contribution in [3.05, 3.63) is 83.6 Å². The van der Waals surface area contributed by atoms with Crippen molar-refractivity contribution in [3.63, 3.8) is 0 Å². The molecule has 0 amide bonds. The maximum absolute atomic E-state index is 9.90. The number of aromatic nitrogens is 5. The molecule has 0 radical (unpaired) electrons. The fraction of sp³-hybridized carbons (Fsp3) is 0.207. The molecule has 0 spiro atoms. The summed E-state index contributed by atoms with van der Waals surface area (Å²) in [5.74, 6) is 1.83. The Bertz CT molecular complexity index is 1640. The van der Waals surface area contributed by atoms with Crippen molar-refractivity contribution in [1.82, 2.24) is 24.5 Å². The first-order valence-corrected chi connectivity index (χ1v) is 13.2. The zero-order valence-corrected chi connectivity index (χ0v) is 22.7. The molecule has 0 aliphatic carbocycles. The molecule has 1 aromatic carbocycles. The number of benzene rings is 1. The summed E-state index contributed by atoms with van der Waals surface area (Å²) in [4.78, 5) is 19.5. The standard InChI is InChI=1S/C29H27N7O2S/c1-19-17-36(18-33-19)10-5-11-38-23-7-4-6-22(13-23)34-29-32-9-8-26(35-29)28-27(25(14-30)20(2)39-28)21-12-24(37-3)16-31-15-21/h4,6-9,12-13,15-18H,5,10-11H2,1-3H3,(H,32,34,35). The number of nitrogens with zero attached hydrogens (tertiary/aromatic N) is 6. The lowest BCUT2D eigenvalue weighted by Crippen LogP contribution is -2.03. The minimum Gasteiger partial charge on any atom is -0.495 e. The lowest BCUT2D eigenvalue weighted by molar-refractivity contribution is 0.302. The average Bonchev–Trinajstić information content (AvgIpc) is 3.53. The molecule has 0 aliphatic rings. The van der Waals surface area contributed by atoms with Gasteiger partial charge in [0.25, 0.3) is 0 Å². The summed E-state index contributed by atoms with van der Waals surface area (Å²) in [7, 11) is 1.59. The van der Waals surface area contributed by atoms with Gasteiger partial charge in [-0.15, -0.1) is 11.3 Å². The molecule has 0 bridgehead atoms. The smallest absolute Gasteiger partial charge is 0.227 e. The number of pyridine rings is 1. The number of thiophene rings is 1. The van der Waals surface area contributed by atoms with Crippen molar-refractivity contribution in [1.29, 1.82) is 5.26 Å². The molecule has 5 aromatic rings. The molecular formula is C29H27N7O2S. The van der Waals surface area contributed by atoms with Crippen molar-refractivity contribution >= 4 is 23.0 Å². The minimum absolute atomic E-state index is 0.444. The Kier molecular flexibility index (Phi) is 7.80. The van der Waals surface area contributed by atoms with Crippen molar-refractivity contribution < 1.29 is 9.47 Å². The third-order valence-electron chi connectivity index (χ3n) is 6.00. The number of nitriles is 1. The van der Waals surface area contributed by atoms with Crippen LogP contribution in [0.25, 0.3) is 21.7 Å². The molecule has 0 unspecified atom stereocenters. The van der Waals surface area contributed by atoms with Gasteiger partial charge in [-0.1, -0.05) is 6.07 Å². The summed E-state index contributed by atoms with van der Waals surface area (Å²) in [5.41, 5.74) is 4.72. The van der Waals surface area contributed by atoms with Gasteiger partial charge in [-0.25, -0.2) is 15.0 Å². The van der Waals surface area contributed by atoms with Crippen LogP contribution in [0.2, 0.25) is 0 Å². The van der Waals surface area contributed by atoms with Crippen molar-refractivity contribution in [2.75, 3.05) is 19.0 Å². The average molecular weight is 538 g/mol. The SMILES string of the molecule is COc1cncc(-c2c(-c3ccnc(Nc4cccc(OCCCn5cnc(C)c5)c4)n3)sc(C)c2C#N)c1. The molecule has 4 aromatic heterocycles. The van der Waals surface area contributed by atoms with E-state index in [1.807, 2.05) is 62.8 Å². The first-order valence-electron chi connectivity index (χ1n) is 12.4. The predicted molar refractivity (Wildman–Crippen MR) is 151 cm³/mol. The largest absolute Gasteiger partial charge is 0.495 e. The van der Waals surface area contributed by atoms with Crippen LogP contribution in [0.4, 0.5) is 11.6 Å². The van der Waals surface area contributed by atoms with Crippen LogP contribution in [0.5, 0.6) is 11.5 Å². The molecule has 0 atom stereocenters. The van der Waals surface area contributed by atoms with Crippen LogP contribution in [0.15, 0.2) is 67.5 Å². The Labute approximate surface area is 230 Å². The minimum atomic E-state index is 0.444. The van der Waals surface area contributed by atoms with E-state index in [0.717, 1.165) is 51.0 Å². The summed E-state index contributed by atoms with van der Waals surface area (Å²) < 4.78 is 13.4. The van der Waals surface area contributed by atoms with E-state index < -0.39 is 0 Å². The summed E-state index contributed by atoms with van der Waals surface area (Å²) >= 11 is 1.52. The number of hydrogen-bond donors (Lipinski definition) is 1. The highest BCUT2D eigenvalue weighted by atomic mass is 32.1. The Morgan fingerprint density at radius 1 is 1.10 bits per heavy atom. The molecule has 0 fully saturated rings. The summed E-state index contributed by atoms with van der Waals surface area (Å²) in [6.07, 6.45) is 9.81. The van der Waals surface area contributed by atoms with Gasteiger partial charge in [-0.05, 0) is 44.5 Å². The van der Waals surface area contributed by atoms with Gasteiger partial charge in [-0.3, -0.25) is 4.98 Å². The second-order valence-corrected chi connectivity index (χ2v) is 10.1. The van der Waals surface area contributed by atoms with Gasteiger partial charge in [0, 0.05) is 52.9 Å². The summed E-state index contributed by atoms with van der Waals surface area (Å²) in [6.45, 7) is 5.36. The second kappa shape index (κ2) is 11.8. The van der Waals surface area contributed by atoms with E-state index in [1.165, 1.54) is 11.3 Å². The number of methoxy groups -OCH3 is 1. The fourth-order valence-corrected chi connectivity index (χ4v) is 5.27. The second-order valence-electron chi connectivity index (χ2n) is 8.84. The Balaban J connectivity index is 1.33. The predicted octanol–water partition coefficient (Wildman–Crippen LogP) is 6.17. The normalized spacial score (nSPS) is 10.7. The molecule has 0 saturated heterocycles. The van der Waals surface area contributed by atoms with Gasteiger partial charge in [0.15, 0.2) is 0 Å². The quantitative estimate of drug-likeness (QED) is 0.211. The topological polar surface area (TPSA) is 111 Å². The number of anilines is 2. The zero-order chi connectivity index (χ0) is 27.2. The van der Waals surface area contributed by atoms with E-state index in [2.05, 4.69) is 30.9 Å². The monoisotopic (exact) mass is 537 g/mol. The van der Waals surface area contributed by atoms with Crippen LogP contribution >= 0.6 is 11.3 Å². The Hall–Kier alpha value is -4.75. The fourth-order valence-electron chi connectivity index (χ4n) is 4.17. The molecule has 10 heteroatoms. The van der Waals surface area contributed by atoms with E-state index in [0.29, 0.717) is 29.6 Å². The molecule has 5 rings (SSSR count). The molecule has 39 heavy (non-hydrogen) atoms. The van der Waals surface area contributed by atoms with E-state index in [-0.39, 0.29) is 0 Å². The number of hydrogen-bond acceptors (Lipinski definition) is 9. The molecule has 4 heterocycles. The number of ether oxygens (including phenoxy) is 2. The Morgan fingerprint density at radius 2 is 2.00 bits per heavy atom. The van der Waals surface area contributed by atoms with E-state index >= 15 is 0 Å². The highest BCUT2D eigenvalue weighted by molar-refractivity contribution is 7.16. The van der Waals surface area contributed by atoms with Crippen LogP contribution in [0.1, 0.15) is 22.6 Å². The van der Waals surface area contributed by atoms with E-state index in [1.54, 1.807) is 25.7 Å². The highest BCUT2D eigenvalue weighted by Crippen LogP contribution is 2.42. The molecule has 1 N–H and O–H groups in total. The van der Waals surface area contributed by atoms with Gasteiger partial charge in [-0.2, -0.15) is 5.26 Å². The van der Waals surface area contributed by atoms with Crippen LogP contribution in [0, 0.1) is 25.2 Å². The van der Waals surface area contributed by atoms with E-state index in [9.17, 15) is 5.26 Å². The third kappa shape index (κ3) is 6.05. The molecule has 196 valence electrons. The van der Waals surface area contributed by atoms with Crippen LogP contribution < -0.4 is 14.8 Å². The van der Waals surface area contributed by atoms with E-state index in [4.69, 9.17) is 14.5 Å². The number of imidazole rings is 1. The number of aryl methyl sites for hydroxylation is 3. The van der Waals surface area contributed by atoms with Crippen molar-refractivity contribution in [2.45, 2.75) is 26.8 Å². The zero-order valence-electron chi connectivity index (χ0n) is 21.9. The van der Waals surface area contributed by atoms with Gasteiger partial charge in [0.1, 0.15) is 17.6 Å². The third-order valence-corrected chi connectivity index (χ3v) is 7.13. The molecule has 0 aliphatic heterocycles. The van der Waals surface area contributed by atoms with Crippen LogP contribution in [-0.2, 0) is 6.54 Å². The number of rotatable bonds is 10. The Morgan fingerprint density at radius 3 is 2.79 bits per heavy atom. The maximum Gasteiger partial charge on any atom is 0.227 e. The van der Waals surface area contributed by atoms with Gasteiger partial charge in [0.2, 0.25) is 5.95 Å². The lowest BCUT2D eigenvalue weighted by Gasteiger charge is -2.10. The van der Waals surface area contributed by atoms with Crippen LogP contribution in [0.3, 0.4) is 0 Å². The highest BCUT2D eigenvalue weighted by Gasteiger charge is 2.21. The summed E-state index contributed by atoms with van der Waals surface area (Å²) in [5, 5.41) is 13.2. The molecule has 0 saturated carbocycles. The van der Waals surface area contributed by atoms with Crippen molar-refractivity contribution in [3.8, 4) is 39.3 Å². The maximum atomic E-state index is 9.90. The van der Waals surface area contributed by atoms with Gasteiger partial charge >= 0.3 is 0 Å². The van der Waals surface area contributed by atoms with Gasteiger partial charge < -0.3 is 19.4 Å². The van der Waals surface area contributed by atoms with Crippen LogP contribution in [-0.4, -0.2) is 38.2 Å². The molecular weight excluding hydrogens is 510 g/mol. The first-order chi connectivity index (χ1) is 19.0. The number of nitrogens with one attached hydrogen (secondary N) is 1. The first kappa shape index (κ1) is 25.9. The lowest BCUT2D eigenvalue weighted by atomic mass is 10.0. The van der Waals surface area contributed by atoms with Crippen molar-refractivity contribution in [2.24, 2.45) is 0 Å². The van der Waals surface area contributed by atoms with Gasteiger partial charge in [0.05, 0.1) is 48.1 Å².